The van der Waals surface area contributed by atoms with Gasteiger partial charge in [-0.05, 0) is 6.42 Å². The zero-order chi connectivity index (χ0) is 6.32. The summed E-state index contributed by atoms with van der Waals surface area (Å²) in [6.45, 7) is 1.36. The summed E-state index contributed by atoms with van der Waals surface area (Å²) in [6, 6.07) is 0.696. The molecule has 2 aliphatic heterocycles. The van der Waals surface area contributed by atoms with Crippen molar-refractivity contribution < 1.29 is 5.11 Å². The van der Waals surface area contributed by atoms with Crippen molar-refractivity contribution in [1.29, 1.82) is 0 Å². The van der Waals surface area contributed by atoms with Crippen molar-refractivity contribution in [2.75, 3.05) is 18.9 Å². The molecule has 0 aliphatic carbocycles. The molecule has 0 aromatic heterocycles. The van der Waals surface area contributed by atoms with E-state index in [1.54, 1.807) is 0 Å². The second kappa shape index (κ2) is 1.87. The molecule has 0 amide bonds. The molecule has 9 heavy (non-hydrogen) atoms. The number of aliphatic hydroxyl groups excluding tert-OH is 1. The Bertz CT molecular complexity index is 120. The van der Waals surface area contributed by atoms with Crippen molar-refractivity contribution in [3.8, 4) is 0 Å². The molecule has 2 nitrogen and oxygen atoms in total. The first-order valence-corrected chi connectivity index (χ1v) is 4.31. The van der Waals surface area contributed by atoms with Crippen LogP contribution in [0.15, 0.2) is 0 Å². The average Bonchev–Trinajstić information content (AvgIpc) is 2.46. The zero-order valence-corrected chi connectivity index (χ0v) is 6.08. The highest BCUT2D eigenvalue weighted by Gasteiger charge is 2.44. The maximum atomic E-state index is 8.98. The lowest BCUT2D eigenvalue weighted by Gasteiger charge is -2.22. The number of hydrogen-bond acceptors (Lipinski definition) is 3. The van der Waals surface area contributed by atoms with E-state index in [9.17, 15) is 0 Å². The van der Waals surface area contributed by atoms with E-state index >= 15 is 0 Å². The lowest BCUT2D eigenvalue weighted by molar-refractivity contribution is 0.257. The van der Waals surface area contributed by atoms with Crippen molar-refractivity contribution in [1.82, 2.24) is 5.32 Å². The number of hydrogen-bond donors (Lipinski definition) is 2. The van der Waals surface area contributed by atoms with Gasteiger partial charge in [-0.25, -0.2) is 0 Å². The average molecular weight is 145 g/mol. The van der Waals surface area contributed by atoms with E-state index in [1.807, 2.05) is 11.8 Å². The van der Waals surface area contributed by atoms with Crippen molar-refractivity contribution >= 4 is 11.8 Å². The van der Waals surface area contributed by atoms with Gasteiger partial charge in [0, 0.05) is 18.3 Å². The van der Waals surface area contributed by atoms with Gasteiger partial charge in [-0.15, -0.1) is 11.8 Å². The second-order valence-electron chi connectivity index (χ2n) is 2.93. The molecule has 2 N–H and O–H groups in total. The Kier molecular flexibility index (Phi) is 1.25. The van der Waals surface area contributed by atoms with Gasteiger partial charge in [0.25, 0.3) is 0 Å². The number of nitrogens with one attached hydrogen (secondary N) is 1. The number of fused-ring (bicyclic) bond motifs is 2. The molecule has 2 aliphatic rings. The molecule has 0 aromatic rings. The summed E-state index contributed by atoms with van der Waals surface area (Å²) in [6.07, 6.45) is 1.17. The third-order valence-electron chi connectivity index (χ3n) is 2.21. The predicted octanol–water partition coefficient (Wildman–Crippen LogP) is -0.174. The summed E-state index contributed by atoms with van der Waals surface area (Å²) in [4.78, 5) is 0. The van der Waals surface area contributed by atoms with Gasteiger partial charge in [0.05, 0.1) is 11.4 Å². The number of aliphatic hydroxyl groups is 1. The van der Waals surface area contributed by atoms with Crippen LogP contribution in [0.2, 0.25) is 0 Å². The maximum Gasteiger partial charge on any atom is 0.0591 e. The highest BCUT2D eigenvalue weighted by molar-refractivity contribution is 8.01. The first-order chi connectivity index (χ1) is 4.35. The fourth-order valence-electron chi connectivity index (χ4n) is 1.60. The zero-order valence-electron chi connectivity index (χ0n) is 5.26. The van der Waals surface area contributed by atoms with Gasteiger partial charge in [0.2, 0.25) is 0 Å². The Morgan fingerprint density at radius 1 is 1.78 bits per heavy atom. The summed E-state index contributed by atoms with van der Waals surface area (Å²) >= 11 is 1.93. The van der Waals surface area contributed by atoms with Gasteiger partial charge >= 0.3 is 0 Å². The highest BCUT2D eigenvalue weighted by Crippen LogP contribution is 2.41. The molecule has 0 saturated carbocycles. The summed E-state index contributed by atoms with van der Waals surface area (Å²) in [5, 5.41) is 12.3. The third kappa shape index (κ3) is 0.791. The van der Waals surface area contributed by atoms with Crippen LogP contribution >= 0.6 is 11.8 Å². The molecule has 2 rings (SSSR count). The van der Waals surface area contributed by atoms with Crippen molar-refractivity contribution in [3.05, 3.63) is 0 Å². The Morgan fingerprint density at radius 3 is 2.89 bits per heavy atom. The standard InChI is InChI=1S/C6H11NOS/c8-4-6-1-5(2-9-6)7-3-6/h5,7-8H,1-4H2. The molecule has 0 aromatic carbocycles. The molecule has 0 spiro atoms. The molecule has 2 fully saturated rings. The first-order valence-electron chi connectivity index (χ1n) is 3.33. The molecule has 2 heterocycles. The van der Waals surface area contributed by atoms with E-state index in [2.05, 4.69) is 5.32 Å². The normalized spacial score (nSPS) is 48.3. The molecule has 3 heteroatoms. The lowest BCUT2D eigenvalue weighted by atomic mass is 10.1. The van der Waals surface area contributed by atoms with E-state index in [0.29, 0.717) is 12.6 Å². The number of rotatable bonds is 1. The fourth-order valence-corrected chi connectivity index (χ4v) is 2.98. The highest BCUT2D eigenvalue weighted by atomic mass is 32.2. The van der Waals surface area contributed by atoms with Crippen LogP contribution in [-0.2, 0) is 0 Å². The molecular formula is C6H11NOS. The maximum absolute atomic E-state index is 8.98. The molecule has 52 valence electrons. The van der Waals surface area contributed by atoms with Crippen LogP contribution in [0.3, 0.4) is 0 Å². The van der Waals surface area contributed by atoms with Crippen LogP contribution in [0.1, 0.15) is 6.42 Å². The van der Waals surface area contributed by atoms with E-state index in [0.717, 1.165) is 6.54 Å². The summed E-state index contributed by atoms with van der Waals surface area (Å²) in [7, 11) is 0. The Balaban J connectivity index is 2.13. The predicted molar refractivity (Wildman–Crippen MR) is 38.7 cm³/mol. The lowest BCUT2D eigenvalue weighted by Crippen LogP contribution is -2.35. The van der Waals surface area contributed by atoms with Gasteiger partial charge in [-0.1, -0.05) is 0 Å². The topological polar surface area (TPSA) is 32.3 Å². The minimum absolute atomic E-state index is 0.213. The van der Waals surface area contributed by atoms with Crippen molar-refractivity contribution in [3.63, 3.8) is 0 Å². The summed E-state index contributed by atoms with van der Waals surface area (Å²) < 4.78 is 0.213. The Morgan fingerprint density at radius 2 is 2.67 bits per heavy atom. The minimum atomic E-state index is 0.213. The minimum Gasteiger partial charge on any atom is -0.395 e. The van der Waals surface area contributed by atoms with Gasteiger partial charge in [0.15, 0.2) is 0 Å². The molecular weight excluding hydrogens is 134 g/mol. The van der Waals surface area contributed by atoms with E-state index in [1.165, 1.54) is 12.2 Å². The fraction of sp³-hybridized carbons (Fsp3) is 1.00. The smallest absolute Gasteiger partial charge is 0.0591 e. The van der Waals surface area contributed by atoms with E-state index in [-0.39, 0.29) is 4.75 Å². The van der Waals surface area contributed by atoms with Crippen LogP contribution in [0.5, 0.6) is 0 Å². The summed E-state index contributed by atoms with van der Waals surface area (Å²) in [5.74, 6) is 1.20. The third-order valence-corrected chi connectivity index (χ3v) is 3.83. The van der Waals surface area contributed by atoms with Gasteiger partial charge < -0.3 is 10.4 Å². The van der Waals surface area contributed by atoms with E-state index in [4.69, 9.17) is 5.11 Å². The van der Waals surface area contributed by atoms with Crippen molar-refractivity contribution in [2.24, 2.45) is 0 Å². The van der Waals surface area contributed by atoms with Crippen molar-refractivity contribution in [2.45, 2.75) is 17.2 Å². The molecule has 2 saturated heterocycles. The van der Waals surface area contributed by atoms with Gasteiger partial charge in [0.1, 0.15) is 0 Å². The van der Waals surface area contributed by atoms with Gasteiger partial charge in [-0.2, -0.15) is 0 Å². The quantitative estimate of drug-likeness (QED) is 0.537. The summed E-state index contributed by atoms with van der Waals surface area (Å²) in [5.41, 5.74) is 0. The van der Waals surface area contributed by atoms with Crippen LogP contribution < -0.4 is 5.32 Å². The monoisotopic (exact) mass is 145 g/mol. The number of thioether (sulfide) groups is 1. The first kappa shape index (κ1) is 6.01. The van der Waals surface area contributed by atoms with Crippen LogP contribution in [0, 0.1) is 0 Å². The molecule has 2 bridgehead atoms. The van der Waals surface area contributed by atoms with Crippen LogP contribution in [-0.4, -0.2) is 34.8 Å². The van der Waals surface area contributed by atoms with Crippen LogP contribution in [0.4, 0.5) is 0 Å². The van der Waals surface area contributed by atoms with Gasteiger partial charge in [-0.3, -0.25) is 0 Å². The Hall–Kier alpha value is 0.270. The largest absolute Gasteiger partial charge is 0.395 e. The molecule has 0 radical (unpaired) electrons. The SMILES string of the molecule is OCC12CNC(CS1)C2. The van der Waals surface area contributed by atoms with Crippen LogP contribution in [0.25, 0.3) is 0 Å². The molecule has 2 atom stereocenters. The Labute approximate surface area is 59.0 Å². The second-order valence-corrected chi connectivity index (χ2v) is 4.42. The molecule has 2 unspecified atom stereocenters. The van der Waals surface area contributed by atoms with E-state index < -0.39 is 0 Å².